The first kappa shape index (κ1) is 23.6. The molecule has 1 fully saturated rings. The summed E-state index contributed by atoms with van der Waals surface area (Å²) in [6, 6.07) is 14.3. The second-order valence-electron chi connectivity index (χ2n) is 8.75. The van der Waals surface area contributed by atoms with Crippen LogP contribution in [0.2, 0.25) is 0 Å². The van der Waals surface area contributed by atoms with Crippen LogP contribution < -0.4 is 10.6 Å². The van der Waals surface area contributed by atoms with Crippen LogP contribution >= 0.6 is 0 Å². The summed E-state index contributed by atoms with van der Waals surface area (Å²) in [5.74, 6) is -3.60. The summed E-state index contributed by atoms with van der Waals surface area (Å²) in [6.45, 7) is 0.343. The maximum absolute atomic E-state index is 13.8. The number of amides is 2. The summed E-state index contributed by atoms with van der Waals surface area (Å²) in [4.78, 5) is 35.8. The van der Waals surface area contributed by atoms with Gasteiger partial charge in [0.2, 0.25) is 5.54 Å². The predicted molar refractivity (Wildman–Crippen MR) is 115 cm³/mol. The van der Waals surface area contributed by atoms with E-state index in [0.717, 1.165) is 22.3 Å². The summed E-state index contributed by atoms with van der Waals surface area (Å²) in [5, 5.41) is 12.8. The lowest BCUT2D eigenvalue weighted by molar-refractivity contribution is -0.195. The molecule has 180 valence electrons. The number of carbonyl (C=O) groups excluding carboxylic acids is 2. The van der Waals surface area contributed by atoms with Crippen molar-refractivity contribution in [3.8, 4) is 11.1 Å². The van der Waals surface area contributed by atoms with Gasteiger partial charge in [0.15, 0.2) is 0 Å². The van der Waals surface area contributed by atoms with Crippen molar-refractivity contribution in [1.29, 1.82) is 0 Å². The largest absolute Gasteiger partial charge is 0.481 e. The van der Waals surface area contributed by atoms with Crippen LogP contribution in [0.3, 0.4) is 0 Å². The summed E-state index contributed by atoms with van der Waals surface area (Å²) >= 11 is 0. The van der Waals surface area contributed by atoms with E-state index in [1.54, 1.807) is 5.32 Å². The minimum atomic E-state index is -5.11. The lowest BCUT2D eigenvalue weighted by Gasteiger charge is -2.37. The smallest absolute Gasteiger partial charge is 0.420 e. The predicted octanol–water partition coefficient (Wildman–Crippen LogP) is 3.83. The number of hydrogen-bond acceptors (Lipinski definition) is 4. The Morgan fingerprint density at radius 1 is 1.00 bits per heavy atom. The Morgan fingerprint density at radius 3 is 2.03 bits per heavy atom. The van der Waals surface area contributed by atoms with Crippen molar-refractivity contribution in [2.45, 2.75) is 43.4 Å². The van der Waals surface area contributed by atoms with E-state index in [2.05, 4.69) is 5.32 Å². The number of rotatable bonds is 6. The van der Waals surface area contributed by atoms with Crippen molar-refractivity contribution >= 4 is 18.0 Å². The molecule has 2 aromatic rings. The van der Waals surface area contributed by atoms with Gasteiger partial charge in [0.25, 0.3) is 5.91 Å². The number of carboxylic acids is 1. The SMILES string of the molecule is CC(NC(=O)OCC1c2ccccc2-c2ccccc21)(C(=O)NC1CC(C(=O)O)C1)C(F)(F)F. The molecule has 0 saturated heterocycles. The number of aliphatic carboxylic acids is 1. The molecular formula is C24H23F3N2O5. The number of ether oxygens (including phenoxy) is 1. The van der Waals surface area contributed by atoms with Gasteiger partial charge in [-0.25, -0.2) is 4.79 Å². The van der Waals surface area contributed by atoms with E-state index in [1.807, 2.05) is 48.5 Å². The van der Waals surface area contributed by atoms with Crippen LogP contribution in [0.5, 0.6) is 0 Å². The molecular weight excluding hydrogens is 453 g/mol. The first-order chi connectivity index (χ1) is 16.0. The molecule has 0 aromatic heterocycles. The number of fused-ring (bicyclic) bond motifs is 3. The molecule has 2 aliphatic rings. The Bertz CT molecular complexity index is 1080. The Morgan fingerprint density at radius 2 is 1.53 bits per heavy atom. The van der Waals surface area contributed by atoms with Gasteiger partial charge < -0.3 is 15.2 Å². The molecule has 2 aromatic carbocycles. The number of nitrogens with one attached hydrogen (secondary N) is 2. The number of carboxylic acid groups (broad SMARTS) is 1. The van der Waals surface area contributed by atoms with Gasteiger partial charge in [0.05, 0.1) is 5.92 Å². The van der Waals surface area contributed by atoms with E-state index < -0.39 is 41.6 Å². The van der Waals surface area contributed by atoms with Crippen molar-refractivity contribution in [3.05, 3.63) is 59.7 Å². The highest BCUT2D eigenvalue weighted by Gasteiger charge is 2.59. The molecule has 0 radical (unpaired) electrons. The molecule has 2 amide bonds. The highest BCUT2D eigenvalue weighted by molar-refractivity contribution is 5.91. The van der Waals surface area contributed by atoms with Crippen molar-refractivity contribution in [1.82, 2.24) is 10.6 Å². The van der Waals surface area contributed by atoms with Gasteiger partial charge in [-0.1, -0.05) is 48.5 Å². The normalized spacial score (nSPS) is 20.8. The average Bonchev–Trinajstić information content (AvgIpc) is 3.07. The summed E-state index contributed by atoms with van der Waals surface area (Å²) in [5.41, 5.74) is 0.472. The first-order valence-electron chi connectivity index (χ1n) is 10.7. The molecule has 0 heterocycles. The molecule has 0 aliphatic heterocycles. The summed E-state index contributed by atoms with van der Waals surface area (Å²) in [6.07, 6.45) is -6.44. The van der Waals surface area contributed by atoms with Crippen molar-refractivity contribution in [2.24, 2.45) is 5.92 Å². The number of halogens is 3. The summed E-state index contributed by atoms with van der Waals surface area (Å²) < 4.78 is 46.6. The molecule has 0 spiro atoms. The standard InChI is InChI=1S/C24H23F3N2O5/c1-23(24(25,26)27,21(32)28-14-10-13(11-14)20(30)31)29-22(33)34-12-19-17-8-4-2-6-15(17)16-7-3-5-9-18(16)19/h2-9,13-14,19H,10-12H2,1H3,(H,28,32)(H,29,33)(H,30,31). The van der Waals surface area contributed by atoms with Crippen LogP contribution in [-0.2, 0) is 14.3 Å². The zero-order valence-electron chi connectivity index (χ0n) is 18.2. The third kappa shape index (κ3) is 4.20. The Balaban J connectivity index is 1.43. The Kier molecular flexibility index (Phi) is 6.01. The van der Waals surface area contributed by atoms with E-state index in [0.29, 0.717) is 6.92 Å². The molecule has 1 unspecified atom stereocenters. The Hall–Kier alpha value is -3.56. The van der Waals surface area contributed by atoms with Gasteiger partial charge >= 0.3 is 18.2 Å². The molecule has 10 heteroatoms. The fourth-order valence-electron chi connectivity index (χ4n) is 4.36. The molecule has 1 atom stereocenters. The minimum absolute atomic E-state index is 0.0277. The van der Waals surface area contributed by atoms with Crippen LogP contribution in [0.25, 0.3) is 11.1 Å². The number of benzene rings is 2. The Labute approximate surface area is 193 Å². The van der Waals surface area contributed by atoms with Crippen molar-refractivity contribution < 1.29 is 37.4 Å². The van der Waals surface area contributed by atoms with Crippen molar-refractivity contribution in [2.75, 3.05) is 6.61 Å². The van der Waals surface area contributed by atoms with Gasteiger partial charge in [-0.2, -0.15) is 13.2 Å². The fraction of sp³-hybridized carbons (Fsp3) is 0.375. The van der Waals surface area contributed by atoms with E-state index in [-0.39, 0.29) is 25.4 Å². The molecule has 1 saturated carbocycles. The monoisotopic (exact) mass is 476 g/mol. The fourth-order valence-corrected chi connectivity index (χ4v) is 4.36. The number of alkyl carbamates (subject to hydrolysis) is 1. The third-order valence-corrected chi connectivity index (χ3v) is 6.54. The number of alkyl halides is 3. The van der Waals surface area contributed by atoms with E-state index >= 15 is 0 Å². The zero-order chi connectivity index (χ0) is 24.7. The molecule has 7 nitrogen and oxygen atoms in total. The van der Waals surface area contributed by atoms with Gasteiger partial charge in [-0.05, 0) is 42.0 Å². The second-order valence-corrected chi connectivity index (χ2v) is 8.75. The molecule has 3 N–H and O–H groups in total. The highest BCUT2D eigenvalue weighted by atomic mass is 19.4. The van der Waals surface area contributed by atoms with Crippen LogP contribution in [0, 0.1) is 5.92 Å². The van der Waals surface area contributed by atoms with Gasteiger partial charge in [-0.3, -0.25) is 14.9 Å². The topological polar surface area (TPSA) is 105 Å². The zero-order valence-corrected chi connectivity index (χ0v) is 18.2. The third-order valence-electron chi connectivity index (χ3n) is 6.54. The van der Waals surface area contributed by atoms with Gasteiger partial charge in [-0.15, -0.1) is 0 Å². The van der Waals surface area contributed by atoms with Gasteiger partial charge in [0, 0.05) is 12.0 Å². The maximum atomic E-state index is 13.8. The van der Waals surface area contributed by atoms with Crippen LogP contribution in [-0.4, -0.2) is 47.4 Å². The molecule has 0 bridgehead atoms. The highest BCUT2D eigenvalue weighted by Crippen LogP contribution is 2.44. The number of hydrogen-bond donors (Lipinski definition) is 3. The lowest BCUT2D eigenvalue weighted by atomic mass is 9.80. The maximum Gasteiger partial charge on any atom is 0.420 e. The quantitative estimate of drug-likeness (QED) is 0.588. The molecule has 2 aliphatic carbocycles. The van der Waals surface area contributed by atoms with Crippen LogP contribution in [0.15, 0.2) is 48.5 Å². The van der Waals surface area contributed by atoms with Gasteiger partial charge in [0.1, 0.15) is 6.61 Å². The van der Waals surface area contributed by atoms with E-state index in [4.69, 9.17) is 9.84 Å². The van der Waals surface area contributed by atoms with Crippen LogP contribution in [0.1, 0.15) is 36.8 Å². The lowest BCUT2D eigenvalue weighted by Crippen LogP contribution is -2.67. The van der Waals surface area contributed by atoms with Crippen molar-refractivity contribution in [3.63, 3.8) is 0 Å². The molecule has 34 heavy (non-hydrogen) atoms. The van der Waals surface area contributed by atoms with E-state index in [1.165, 1.54) is 0 Å². The minimum Gasteiger partial charge on any atom is -0.481 e. The van der Waals surface area contributed by atoms with Crippen LogP contribution in [0.4, 0.5) is 18.0 Å². The number of carbonyl (C=O) groups is 3. The molecule has 4 rings (SSSR count). The second kappa shape index (κ2) is 8.66. The summed E-state index contributed by atoms with van der Waals surface area (Å²) in [7, 11) is 0. The average molecular weight is 476 g/mol. The van der Waals surface area contributed by atoms with E-state index in [9.17, 15) is 27.6 Å². The first-order valence-corrected chi connectivity index (χ1v) is 10.7.